The maximum absolute atomic E-state index is 11.9. The van der Waals surface area contributed by atoms with Crippen molar-refractivity contribution < 1.29 is 28.9 Å². The van der Waals surface area contributed by atoms with E-state index in [-0.39, 0.29) is 34.2 Å². The summed E-state index contributed by atoms with van der Waals surface area (Å²) in [5.41, 5.74) is 2.02. The molecule has 0 bridgehead atoms. The zero-order valence-electron chi connectivity index (χ0n) is 15.7. The van der Waals surface area contributed by atoms with Gasteiger partial charge in [0.05, 0.1) is 34.8 Å². The van der Waals surface area contributed by atoms with E-state index >= 15 is 0 Å². The van der Waals surface area contributed by atoms with E-state index in [4.69, 9.17) is 14.2 Å². The fourth-order valence-electron chi connectivity index (χ4n) is 2.22. The fraction of sp³-hybridized carbons (Fsp3) is 0.176. The van der Waals surface area contributed by atoms with Gasteiger partial charge in [-0.2, -0.15) is 5.10 Å². The highest BCUT2D eigenvalue weighted by molar-refractivity contribution is 9.10. The Hall–Kier alpha value is -3.74. The number of carbonyl (C=O) groups excluding carboxylic acids is 1. The Morgan fingerprint density at radius 1 is 1.10 bits per heavy atom. The molecule has 2 aromatic rings. The Bertz CT molecular complexity index is 1010. The number of nitro benzene ring substituents is 2. The van der Waals surface area contributed by atoms with Crippen LogP contribution in [0.5, 0.6) is 17.2 Å². The number of carbonyl (C=O) groups is 1. The molecule has 30 heavy (non-hydrogen) atoms. The number of amides is 1. The highest BCUT2D eigenvalue weighted by atomic mass is 79.9. The van der Waals surface area contributed by atoms with Crippen molar-refractivity contribution in [3.05, 3.63) is 60.6 Å². The second-order valence-electron chi connectivity index (χ2n) is 5.48. The van der Waals surface area contributed by atoms with Crippen molar-refractivity contribution in [1.29, 1.82) is 0 Å². The molecule has 1 N–H and O–H groups in total. The predicted octanol–water partition coefficient (Wildman–Crippen LogP) is 2.81. The van der Waals surface area contributed by atoms with Gasteiger partial charge in [0, 0.05) is 29.8 Å². The van der Waals surface area contributed by atoms with E-state index < -0.39 is 22.4 Å². The van der Waals surface area contributed by atoms with Gasteiger partial charge < -0.3 is 14.2 Å². The van der Waals surface area contributed by atoms with Gasteiger partial charge in [0.25, 0.3) is 11.6 Å². The molecule has 0 saturated heterocycles. The van der Waals surface area contributed by atoms with Crippen molar-refractivity contribution in [3.63, 3.8) is 0 Å². The van der Waals surface area contributed by atoms with Crippen LogP contribution in [0, 0.1) is 20.2 Å². The molecule has 0 atom stereocenters. The summed E-state index contributed by atoms with van der Waals surface area (Å²) in [5.74, 6) is -0.132. The Morgan fingerprint density at radius 3 is 2.37 bits per heavy atom. The van der Waals surface area contributed by atoms with Gasteiger partial charge in [-0.25, -0.2) is 5.43 Å². The van der Waals surface area contributed by atoms with E-state index in [0.717, 1.165) is 0 Å². The lowest BCUT2D eigenvalue weighted by Crippen LogP contribution is -2.24. The first-order valence-corrected chi connectivity index (χ1v) is 8.85. The highest BCUT2D eigenvalue weighted by Crippen LogP contribution is 2.33. The summed E-state index contributed by atoms with van der Waals surface area (Å²) >= 11 is 3.12. The molecule has 13 heteroatoms. The minimum Gasteiger partial charge on any atom is -0.496 e. The molecule has 0 aromatic heterocycles. The lowest BCUT2D eigenvalue weighted by Gasteiger charge is -2.08. The van der Waals surface area contributed by atoms with Crippen LogP contribution in [0.15, 0.2) is 39.9 Å². The average Bonchev–Trinajstić information content (AvgIpc) is 2.72. The molecule has 0 saturated carbocycles. The lowest BCUT2D eigenvalue weighted by atomic mass is 10.1. The van der Waals surface area contributed by atoms with Crippen molar-refractivity contribution in [2.24, 2.45) is 5.10 Å². The number of benzene rings is 2. The number of methoxy groups -OCH3 is 2. The number of hydrazone groups is 1. The van der Waals surface area contributed by atoms with Crippen LogP contribution in [0.25, 0.3) is 0 Å². The highest BCUT2D eigenvalue weighted by Gasteiger charge is 2.19. The molecule has 1 amide bonds. The number of nitrogens with zero attached hydrogens (tertiary/aromatic N) is 3. The Balaban J connectivity index is 2.03. The topological polar surface area (TPSA) is 155 Å². The zero-order chi connectivity index (χ0) is 22.3. The van der Waals surface area contributed by atoms with Gasteiger partial charge >= 0.3 is 5.69 Å². The summed E-state index contributed by atoms with van der Waals surface area (Å²) in [4.78, 5) is 32.6. The third-order valence-corrected chi connectivity index (χ3v) is 4.23. The van der Waals surface area contributed by atoms with Crippen LogP contribution in [-0.2, 0) is 4.79 Å². The zero-order valence-corrected chi connectivity index (χ0v) is 17.2. The average molecular weight is 483 g/mol. The predicted molar refractivity (Wildman–Crippen MR) is 108 cm³/mol. The summed E-state index contributed by atoms with van der Waals surface area (Å²) < 4.78 is 15.7. The van der Waals surface area contributed by atoms with Crippen LogP contribution < -0.4 is 19.6 Å². The molecule has 158 valence electrons. The van der Waals surface area contributed by atoms with Gasteiger partial charge in [0.1, 0.15) is 11.5 Å². The molecule has 0 unspecified atom stereocenters. The first-order chi connectivity index (χ1) is 14.3. The van der Waals surface area contributed by atoms with Gasteiger partial charge in [-0.15, -0.1) is 0 Å². The summed E-state index contributed by atoms with van der Waals surface area (Å²) in [6.07, 6.45) is 1.17. The van der Waals surface area contributed by atoms with Crippen LogP contribution in [-0.4, -0.2) is 42.8 Å². The second-order valence-corrected chi connectivity index (χ2v) is 6.33. The normalized spacial score (nSPS) is 10.5. The van der Waals surface area contributed by atoms with Crippen molar-refractivity contribution in [3.8, 4) is 17.2 Å². The molecule has 0 fully saturated rings. The van der Waals surface area contributed by atoms with Crippen molar-refractivity contribution >= 4 is 39.4 Å². The summed E-state index contributed by atoms with van der Waals surface area (Å²) in [6, 6.07) is 6.35. The molecule has 2 aromatic carbocycles. The van der Waals surface area contributed by atoms with E-state index in [9.17, 15) is 25.0 Å². The van der Waals surface area contributed by atoms with Crippen LogP contribution in [0.4, 0.5) is 11.4 Å². The van der Waals surface area contributed by atoms with Crippen molar-refractivity contribution in [2.45, 2.75) is 0 Å². The van der Waals surface area contributed by atoms with Gasteiger partial charge in [0.2, 0.25) is 5.75 Å². The Kier molecular flexibility index (Phi) is 7.63. The summed E-state index contributed by atoms with van der Waals surface area (Å²) in [6.45, 7) is -0.423. The molecule has 0 spiro atoms. The lowest BCUT2D eigenvalue weighted by molar-refractivity contribution is -0.385. The van der Waals surface area contributed by atoms with Crippen LogP contribution in [0.1, 0.15) is 5.56 Å². The monoisotopic (exact) mass is 482 g/mol. The molecular weight excluding hydrogens is 468 g/mol. The standard InChI is InChI=1S/C17H15BrN4O8/c1-28-15-7-16(29-2)13(22(26)27)5-10(15)8-19-20-17(23)9-30-14-4-3-11(21(24)25)6-12(14)18/h3-8H,9H2,1-2H3,(H,20,23)/b19-8+. The van der Waals surface area contributed by atoms with Crippen LogP contribution in [0.2, 0.25) is 0 Å². The van der Waals surface area contributed by atoms with Crippen LogP contribution >= 0.6 is 15.9 Å². The third kappa shape index (κ3) is 5.64. The summed E-state index contributed by atoms with van der Waals surface area (Å²) in [5, 5.41) is 25.6. The maximum Gasteiger partial charge on any atom is 0.311 e. The van der Waals surface area contributed by atoms with Gasteiger partial charge in [-0.3, -0.25) is 25.0 Å². The van der Waals surface area contributed by atoms with E-state index in [0.29, 0.717) is 4.47 Å². The van der Waals surface area contributed by atoms with Crippen molar-refractivity contribution in [2.75, 3.05) is 20.8 Å². The maximum atomic E-state index is 11.9. The molecule has 2 rings (SSSR count). The van der Waals surface area contributed by atoms with Gasteiger partial charge in [0.15, 0.2) is 6.61 Å². The van der Waals surface area contributed by atoms with Gasteiger partial charge in [-0.05, 0) is 22.0 Å². The Morgan fingerprint density at radius 2 is 1.80 bits per heavy atom. The molecule has 0 aliphatic heterocycles. The number of ether oxygens (including phenoxy) is 3. The van der Waals surface area contributed by atoms with Gasteiger partial charge in [-0.1, -0.05) is 0 Å². The van der Waals surface area contributed by atoms with E-state index in [1.807, 2.05) is 0 Å². The van der Waals surface area contributed by atoms with Crippen molar-refractivity contribution in [1.82, 2.24) is 5.43 Å². The molecular formula is C17H15BrN4O8. The largest absolute Gasteiger partial charge is 0.496 e. The fourth-order valence-corrected chi connectivity index (χ4v) is 2.70. The van der Waals surface area contributed by atoms with Crippen LogP contribution in [0.3, 0.4) is 0 Å². The Labute approximate surface area is 177 Å². The van der Waals surface area contributed by atoms with E-state index in [2.05, 4.69) is 26.5 Å². The number of non-ortho nitro benzene ring substituents is 1. The number of rotatable bonds is 9. The molecule has 12 nitrogen and oxygen atoms in total. The molecule has 0 heterocycles. The minimum absolute atomic E-state index is 0.0140. The number of nitrogens with one attached hydrogen (secondary N) is 1. The van der Waals surface area contributed by atoms with E-state index in [1.165, 1.54) is 50.8 Å². The number of hydrogen-bond acceptors (Lipinski definition) is 9. The number of hydrogen-bond donors (Lipinski definition) is 1. The first kappa shape index (κ1) is 22.5. The quantitative estimate of drug-likeness (QED) is 0.324. The smallest absolute Gasteiger partial charge is 0.311 e. The second kappa shape index (κ2) is 10.2. The minimum atomic E-state index is -0.626. The SMILES string of the molecule is COc1cc(OC)c([N+](=O)[O-])cc1/C=N/NC(=O)COc1ccc([N+](=O)[O-])cc1Br. The summed E-state index contributed by atoms with van der Waals surface area (Å²) in [7, 11) is 2.66. The van der Waals surface area contributed by atoms with E-state index in [1.54, 1.807) is 0 Å². The molecule has 0 aliphatic rings. The molecule has 0 radical (unpaired) electrons. The number of halogens is 1. The number of nitro groups is 2. The third-order valence-electron chi connectivity index (χ3n) is 3.61. The first-order valence-electron chi connectivity index (χ1n) is 8.05. The molecule has 0 aliphatic carbocycles.